The summed E-state index contributed by atoms with van der Waals surface area (Å²) in [6, 6.07) is 3.77. The number of nitrogens with one attached hydrogen (secondary N) is 1. The van der Waals surface area contributed by atoms with Crippen LogP contribution in [0.5, 0.6) is 0 Å². The molecule has 0 aliphatic carbocycles. The average Bonchev–Trinajstić information content (AvgIpc) is 2.90. The third-order valence-corrected chi connectivity index (χ3v) is 3.07. The summed E-state index contributed by atoms with van der Waals surface area (Å²) in [5, 5.41) is 7.35. The Balaban J connectivity index is 1.83. The van der Waals surface area contributed by atoms with Crippen LogP contribution < -0.4 is 5.32 Å². The molecule has 0 atom stereocenters. The fourth-order valence-electron chi connectivity index (χ4n) is 2.09. The highest BCUT2D eigenvalue weighted by Crippen LogP contribution is 2.25. The second kappa shape index (κ2) is 4.63. The number of hydrogen-bond acceptors (Lipinski definition) is 5. The molecule has 2 aromatic heterocycles. The number of pyridine rings is 1. The molecule has 5 nitrogen and oxygen atoms in total. The van der Waals surface area contributed by atoms with Crippen molar-refractivity contribution in [1.82, 2.24) is 20.4 Å². The van der Waals surface area contributed by atoms with Crippen molar-refractivity contribution < 1.29 is 4.52 Å². The third kappa shape index (κ3) is 2.19. The number of hydrogen-bond donors (Lipinski definition) is 1. The zero-order valence-electron chi connectivity index (χ0n) is 9.47. The predicted octanol–water partition coefficient (Wildman–Crippen LogP) is 1.60. The molecular weight excluding hydrogens is 216 g/mol. The molecule has 0 spiro atoms. The molecule has 88 valence electrons. The van der Waals surface area contributed by atoms with Gasteiger partial charge in [-0.15, -0.1) is 0 Å². The number of piperidine rings is 1. The molecule has 3 rings (SSSR count). The number of nitrogens with zero attached hydrogens (tertiary/aromatic N) is 3. The molecule has 5 heteroatoms. The van der Waals surface area contributed by atoms with Gasteiger partial charge in [0.2, 0.25) is 11.7 Å². The molecule has 0 unspecified atom stereocenters. The van der Waals surface area contributed by atoms with Gasteiger partial charge in [0.15, 0.2) is 0 Å². The van der Waals surface area contributed by atoms with Gasteiger partial charge >= 0.3 is 0 Å². The molecule has 1 fully saturated rings. The van der Waals surface area contributed by atoms with Crippen LogP contribution in [0.25, 0.3) is 11.4 Å². The second-order valence-electron chi connectivity index (χ2n) is 4.22. The molecule has 0 saturated carbocycles. The van der Waals surface area contributed by atoms with Gasteiger partial charge in [-0.25, -0.2) is 0 Å². The highest BCUT2D eigenvalue weighted by atomic mass is 16.5. The van der Waals surface area contributed by atoms with Crippen LogP contribution in [0.4, 0.5) is 0 Å². The Labute approximate surface area is 99.3 Å². The van der Waals surface area contributed by atoms with E-state index in [0.717, 1.165) is 37.4 Å². The van der Waals surface area contributed by atoms with Gasteiger partial charge in [-0.3, -0.25) is 4.98 Å². The van der Waals surface area contributed by atoms with Crippen molar-refractivity contribution in [3.05, 3.63) is 30.4 Å². The van der Waals surface area contributed by atoms with E-state index < -0.39 is 0 Å². The van der Waals surface area contributed by atoms with E-state index in [1.165, 1.54) is 0 Å². The number of rotatable bonds is 2. The van der Waals surface area contributed by atoms with Crippen LogP contribution >= 0.6 is 0 Å². The predicted molar refractivity (Wildman–Crippen MR) is 62.4 cm³/mol. The lowest BCUT2D eigenvalue weighted by Crippen LogP contribution is -2.26. The van der Waals surface area contributed by atoms with Gasteiger partial charge in [0.05, 0.1) is 0 Å². The Morgan fingerprint density at radius 3 is 2.71 bits per heavy atom. The van der Waals surface area contributed by atoms with Crippen molar-refractivity contribution in [3.8, 4) is 11.4 Å². The molecule has 1 N–H and O–H groups in total. The molecular formula is C12H14N4O. The fraction of sp³-hybridized carbons (Fsp3) is 0.417. The van der Waals surface area contributed by atoms with E-state index >= 15 is 0 Å². The maximum Gasteiger partial charge on any atom is 0.230 e. The van der Waals surface area contributed by atoms with Crippen molar-refractivity contribution in [3.63, 3.8) is 0 Å². The molecule has 0 radical (unpaired) electrons. The van der Waals surface area contributed by atoms with Crippen LogP contribution in [-0.4, -0.2) is 28.2 Å². The van der Waals surface area contributed by atoms with Gasteiger partial charge in [-0.1, -0.05) is 5.16 Å². The fourth-order valence-corrected chi connectivity index (χ4v) is 2.09. The van der Waals surface area contributed by atoms with E-state index in [-0.39, 0.29) is 0 Å². The highest BCUT2D eigenvalue weighted by molar-refractivity contribution is 5.52. The Bertz CT molecular complexity index is 476. The van der Waals surface area contributed by atoms with Gasteiger partial charge < -0.3 is 9.84 Å². The summed E-state index contributed by atoms with van der Waals surface area (Å²) in [5.74, 6) is 1.82. The summed E-state index contributed by atoms with van der Waals surface area (Å²) < 4.78 is 5.35. The summed E-state index contributed by atoms with van der Waals surface area (Å²) in [5.41, 5.74) is 0.948. The molecule has 0 bridgehead atoms. The van der Waals surface area contributed by atoms with Crippen LogP contribution in [0, 0.1) is 0 Å². The molecule has 17 heavy (non-hydrogen) atoms. The molecule has 2 aromatic rings. The first kappa shape index (κ1) is 10.4. The van der Waals surface area contributed by atoms with Gasteiger partial charge in [-0.05, 0) is 38.1 Å². The molecule has 0 amide bonds. The van der Waals surface area contributed by atoms with Crippen LogP contribution in [-0.2, 0) is 0 Å². The van der Waals surface area contributed by atoms with Gasteiger partial charge in [0.1, 0.15) is 0 Å². The van der Waals surface area contributed by atoms with Gasteiger partial charge in [0.25, 0.3) is 0 Å². The Kier molecular flexibility index (Phi) is 2.83. The molecule has 1 aliphatic heterocycles. The molecule has 0 aromatic carbocycles. The smallest absolute Gasteiger partial charge is 0.230 e. The first-order valence-electron chi connectivity index (χ1n) is 5.88. The topological polar surface area (TPSA) is 63.8 Å². The van der Waals surface area contributed by atoms with E-state index in [2.05, 4.69) is 20.4 Å². The van der Waals surface area contributed by atoms with Crippen molar-refractivity contribution in [2.45, 2.75) is 18.8 Å². The summed E-state index contributed by atoms with van der Waals surface area (Å²) >= 11 is 0. The summed E-state index contributed by atoms with van der Waals surface area (Å²) in [4.78, 5) is 8.44. The third-order valence-electron chi connectivity index (χ3n) is 3.07. The maximum absolute atomic E-state index is 5.35. The van der Waals surface area contributed by atoms with E-state index in [1.807, 2.05) is 12.1 Å². The first-order chi connectivity index (χ1) is 8.43. The second-order valence-corrected chi connectivity index (χ2v) is 4.22. The largest absolute Gasteiger partial charge is 0.339 e. The van der Waals surface area contributed by atoms with Gasteiger partial charge in [-0.2, -0.15) is 4.98 Å². The quantitative estimate of drug-likeness (QED) is 0.849. The van der Waals surface area contributed by atoms with Crippen molar-refractivity contribution >= 4 is 0 Å². The van der Waals surface area contributed by atoms with Gasteiger partial charge in [0, 0.05) is 23.9 Å². The standard InChI is InChI=1S/C12H14N4O/c1-5-13-6-2-9(1)11-15-12(17-16-11)10-3-7-14-8-4-10/h1-2,5-6,10,14H,3-4,7-8H2. The lowest BCUT2D eigenvalue weighted by Gasteiger charge is -2.18. The van der Waals surface area contributed by atoms with E-state index in [1.54, 1.807) is 12.4 Å². The summed E-state index contributed by atoms with van der Waals surface area (Å²) in [7, 11) is 0. The highest BCUT2D eigenvalue weighted by Gasteiger charge is 2.21. The van der Waals surface area contributed by atoms with Crippen molar-refractivity contribution in [2.75, 3.05) is 13.1 Å². The van der Waals surface area contributed by atoms with Crippen LogP contribution in [0.1, 0.15) is 24.7 Å². The average molecular weight is 230 g/mol. The zero-order chi connectivity index (χ0) is 11.5. The lowest BCUT2D eigenvalue weighted by molar-refractivity contribution is 0.320. The molecule has 1 aliphatic rings. The Hall–Kier alpha value is -1.75. The lowest BCUT2D eigenvalue weighted by atomic mass is 9.98. The summed E-state index contributed by atoms with van der Waals surface area (Å²) in [6.45, 7) is 2.05. The van der Waals surface area contributed by atoms with E-state index in [9.17, 15) is 0 Å². The van der Waals surface area contributed by atoms with Crippen LogP contribution in [0.2, 0.25) is 0 Å². The SMILES string of the molecule is c1cc(-c2noc(C3CCNCC3)n2)ccn1. The first-order valence-corrected chi connectivity index (χ1v) is 5.88. The minimum atomic E-state index is 0.402. The van der Waals surface area contributed by atoms with Crippen LogP contribution in [0.3, 0.4) is 0 Å². The Morgan fingerprint density at radius 1 is 1.18 bits per heavy atom. The van der Waals surface area contributed by atoms with E-state index in [0.29, 0.717) is 11.7 Å². The maximum atomic E-state index is 5.35. The van der Waals surface area contributed by atoms with E-state index in [4.69, 9.17) is 4.52 Å². The van der Waals surface area contributed by atoms with Crippen LogP contribution in [0.15, 0.2) is 29.0 Å². The minimum Gasteiger partial charge on any atom is -0.339 e. The normalized spacial score (nSPS) is 17.2. The molecule has 3 heterocycles. The number of aromatic nitrogens is 3. The molecule has 1 saturated heterocycles. The Morgan fingerprint density at radius 2 is 1.94 bits per heavy atom. The minimum absolute atomic E-state index is 0.402. The van der Waals surface area contributed by atoms with Crippen molar-refractivity contribution in [1.29, 1.82) is 0 Å². The summed E-state index contributed by atoms with van der Waals surface area (Å²) in [6.07, 6.45) is 5.60. The van der Waals surface area contributed by atoms with Crippen molar-refractivity contribution in [2.24, 2.45) is 0 Å². The monoisotopic (exact) mass is 230 g/mol. The zero-order valence-corrected chi connectivity index (χ0v) is 9.47.